The van der Waals surface area contributed by atoms with Gasteiger partial charge in [-0.3, -0.25) is 0 Å². The number of nitriles is 2. The Morgan fingerprint density at radius 2 is 1.72 bits per heavy atom. The van der Waals surface area contributed by atoms with Crippen molar-refractivity contribution in [3.05, 3.63) is 35.9 Å². The number of nitrogens with zero attached hydrogens (tertiary/aromatic N) is 2. The van der Waals surface area contributed by atoms with Gasteiger partial charge in [0.15, 0.2) is 0 Å². The highest BCUT2D eigenvalue weighted by Gasteiger charge is 2.27. The highest BCUT2D eigenvalue weighted by atomic mass is 14.4. The summed E-state index contributed by atoms with van der Waals surface area (Å²) < 4.78 is 0. The highest BCUT2D eigenvalue weighted by Crippen LogP contribution is 2.33. The van der Waals surface area contributed by atoms with E-state index in [9.17, 15) is 0 Å². The molecular formula is C16H20N2. The van der Waals surface area contributed by atoms with E-state index in [1.807, 2.05) is 18.2 Å². The molecule has 0 saturated heterocycles. The molecule has 0 heterocycles. The van der Waals surface area contributed by atoms with Crippen molar-refractivity contribution in [2.24, 2.45) is 11.8 Å². The lowest BCUT2D eigenvalue weighted by molar-refractivity contribution is 0.360. The van der Waals surface area contributed by atoms with Gasteiger partial charge in [-0.15, -0.1) is 0 Å². The summed E-state index contributed by atoms with van der Waals surface area (Å²) in [5, 5.41) is 18.2. The number of hydrogen-bond donors (Lipinski definition) is 0. The second kappa shape index (κ2) is 7.51. The van der Waals surface area contributed by atoms with Gasteiger partial charge < -0.3 is 0 Å². The molecule has 1 aromatic carbocycles. The number of unbranched alkanes of at least 4 members (excludes halogenated alkanes) is 1. The Bertz CT molecular complexity index is 411. The fraction of sp³-hybridized carbons (Fsp3) is 0.500. The van der Waals surface area contributed by atoms with Gasteiger partial charge in [-0.05, 0) is 23.8 Å². The zero-order chi connectivity index (χ0) is 13.4. The molecule has 0 radical (unpaired) electrons. The van der Waals surface area contributed by atoms with E-state index in [4.69, 9.17) is 10.5 Å². The molecule has 2 heteroatoms. The first-order chi connectivity index (χ1) is 8.74. The molecule has 0 aliphatic heterocycles. The molecule has 94 valence electrons. The van der Waals surface area contributed by atoms with Crippen LogP contribution in [-0.2, 0) is 0 Å². The van der Waals surface area contributed by atoms with E-state index >= 15 is 0 Å². The summed E-state index contributed by atoms with van der Waals surface area (Å²) in [5.41, 5.74) is 1.22. The van der Waals surface area contributed by atoms with Crippen molar-refractivity contribution in [2.45, 2.75) is 39.0 Å². The van der Waals surface area contributed by atoms with Crippen molar-refractivity contribution in [1.82, 2.24) is 0 Å². The molecule has 1 rings (SSSR count). The topological polar surface area (TPSA) is 47.6 Å². The van der Waals surface area contributed by atoms with Crippen molar-refractivity contribution >= 4 is 0 Å². The van der Waals surface area contributed by atoms with Gasteiger partial charge in [0.2, 0.25) is 0 Å². The molecule has 1 aromatic rings. The van der Waals surface area contributed by atoms with Gasteiger partial charge in [-0.25, -0.2) is 0 Å². The van der Waals surface area contributed by atoms with E-state index in [-0.39, 0.29) is 11.8 Å². The third kappa shape index (κ3) is 3.60. The Kier molecular flexibility index (Phi) is 5.95. The molecular weight excluding hydrogens is 220 g/mol. The summed E-state index contributed by atoms with van der Waals surface area (Å²) in [6.07, 6.45) is 3.11. The lowest BCUT2D eigenvalue weighted by Gasteiger charge is -2.25. The largest absolute Gasteiger partial charge is 0.197 e. The Balaban J connectivity index is 2.89. The third-order valence-corrected chi connectivity index (χ3v) is 3.56. The summed E-state index contributed by atoms with van der Waals surface area (Å²) in [6, 6.07) is 14.5. The normalized spacial score (nSPS) is 13.6. The second-order valence-electron chi connectivity index (χ2n) is 4.74. The van der Waals surface area contributed by atoms with Crippen LogP contribution in [0.4, 0.5) is 0 Å². The van der Waals surface area contributed by atoms with Crippen LogP contribution >= 0.6 is 0 Å². The van der Waals surface area contributed by atoms with Crippen molar-refractivity contribution in [3.8, 4) is 12.1 Å². The number of rotatable bonds is 6. The van der Waals surface area contributed by atoms with Crippen LogP contribution in [0.5, 0.6) is 0 Å². The number of benzene rings is 1. The van der Waals surface area contributed by atoms with E-state index in [1.165, 1.54) is 5.56 Å². The maximum absolute atomic E-state index is 9.12. The second-order valence-corrected chi connectivity index (χ2v) is 4.74. The third-order valence-electron chi connectivity index (χ3n) is 3.56. The summed E-state index contributed by atoms with van der Waals surface area (Å²) in [6.45, 7) is 4.26. The summed E-state index contributed by atoms with van der Waals surface area (Å²) in [7, 11) is 0. The molecule has 0 aliphatic carbocycles. The lowest BCUT2D eigenvalue weighted by atomic mass is 9.77. The molecule has 0 saturated carbocycles. The lowest BCUT2D eigenvalue weighted by Crippen LogP contribution is -2.18. The zero-order valence-corrected chi connectivity index (χ0v) is 11.1. The molecule has 0 N–H and O–H groups in total. The van der Waals surface area contributed by atoms with Crippen LogP contribution in [-0.4, -0.2) is 0 Å². The van der Waals surface area contributed by atoms with Crippen LogP contribution in [0.1, 0.15) is 44.6 Å². The minimum atomic E-state index is -0.508. The number of hydrogen-bond acceptors (Lipinski definition) is 2. The molecule has 0 spiro atoms. The molecule has 0 unspecified atom stereocenters. The summed E-state index contributed by atoms with van der Waals surface area (Å²) in [4.78, 5) is 0. The Morgan fingerprint density at radius 3 is 2.22 bits per heavy atom. The van der Waals surface area contributed by atoms with E-state index in [0.29, 0.717) is 0 Å². The summed E-state index contributed by atoms with van der Waals surface area (Å²) >= 11 is 0. The standard InChI is InChI=1S/C16H20N2/c1-3-4-10-16(15(11-17)12-18)13(2)14-8-6-5-7-9-14/h5-9,13,15-16H,3-4,10H2,1-2H3/t13-,16+/m1/s1. The van der Waals surface area contributed by atoms with Crippen LogP contribution in [0.15, 0.2) is 30.3 Å². The molecule has 0 amide bonds. The monoisotopic (exact) mass is 240 g/mol. The highest BCUT2D eigenvalue weighted by molar-refractivity contribution is 5.21. The van der Waals surface area contributed by atoms with Gasteiger partial charge in [0.25, 0.3) is 0 Å². The average molecular weight is 240 g/mol. The molecule has 0 aromatic heterocycles. The maximum Gasteiger partial charge on any atom is 0.136 e. The van der Waals surface area contributed by atoms with E-state index in [1.54, 1.807) is 0 Å². The molecule has 18 heavy (non-hydrogen) atoms. The molecule has 2 atom stereocenters. The maximum atomic E-state index is 9.12. The minimum Gasteiger partial charge on any atom is -0.197 e. The van der Waals surface area contributed by atoms with Gasteiger partial charge in [-0.2, -0.15) is 10.5 Å². The van der Waals surface area contributed by atoms with E-state index < -0.39 is 5.92 Å². The molecule has 0 aliphatic rings. The van der Waals surface area contributed by atoms with Crippen molar-refractivity contribution in [1.29, 1.82) is 10.5 Å². The fourth-order valence-corrected chi connectivity index (χ4v) is 2.37. The quantitative estimate of drug-likeness (QED) is 0.745. The fourth-order valence-electron chi connectivity index (χ4n) is 2.37. The zero-order valence-electron chi connectivity index (χ0n) is 11.1. The van der Waals surface area contributed by atoms with Crippen molar-refractivity contribution < 1.29 is 0 Å². The molecule has 2 nitrogen and oxygen atoms in total. The predicted molar refractivity (Wildman–Crippen MR) is 72.6 cm³/mol. The van der Waals surface area contributed by atoms with Crippen LogP contribution in [0.25, 0.3) is 0 Å². The van der Waals surface area contributed by atoms with Gasteiger partial charge in [-0.1, -0.05) is 57.0 Å². The van der Waals surface area contributed by atoms with E-state index in [0.717, 1.165) is 19.3 Å². The Labute approximate surface area is 110 Å². The van der Waals surface area contributed by atoms with Crippen LogP contribution in [0, 0.1) is 34.5 Å². The van der Waals surface area contributed by atoms with Crippen LogP contribution in [0.2, 0.25) is 0 Å². The first-order valence-corrected chi connectivity index (χ1v) is 6.58. The van der Waals surface area contributed by atoms with Crippen molar-refractivity contribution in [3.63, 3.8) is 0 Å². The van der Waals surface area contributed by atoms with Crippen LogP contribution in [0.3, 0.4) is 0 Å². The molecule has 0 fully saturated rings. The first kappa shape index (κ1) is 14.3. The van der Waals surface area contributed by atoms with Gasteiger partial charge in [0, 0.05) is 0 Å². The first-order valence-electron chi connectivity index (χ1n) is 6.58. The van der Waals surface area contributed by atoms with Crippen molar-refractivity contribution in [2.75, 3.05) is 0 Å². The molecule has 0 bridgehead atoms. The SMILES string of the molecule is CCCC[C@H](C(C#N)C#N)[C@H](C)c1ccccc1. The van der Waals surface area contributed by atoms with E-state index in [2.05, 4.69) is 38.1 Å². The van der Waals surface area contributed by atoms with Crippen LogP contribution < -0.4 is 0 Å². The van der Waals surface area contributed by atoms with Gasteiger partial charge in [0.1, 0.15) is 5.92 Å². The van der Waals surface area contributed by atoms with Gasteiger partial charge >= 0.3 is 0 Å². The minimum absolute atomic E-state index is 0.127. The summed E-state index contributed by atoms with van der Waals surface area (Å²) in [5.74, 6) is -0.129. The smallest absolute Gasteiger partial charge is 0.136 e. The Hall–Kier alpha value is -1.80. The van der Waals surface area contributed by atoms with Gasteiger partial charge in [0.05, 0.1) is 12.1 Å². The Morgan fingerprint density at radius 1 is 1.11 bits per heavy atom. The predicted octanol–water partition coefficient (Wildman–Crippen LogP) is 4.26. The average Bonchev–Trinajstić information content (AvgIpc) is 2.43.